The van der Waals surface area contributed by atoms with Crippen molar-refractivity contribution >= 4 is 17.7 Å². The first-order valence-electron chi connectivity index (χ1n) is 11.4. The SMILES string of the molecule is O=C1CCCN1Cc1cccc(C(=O)N2CCN(C(=O)[C@H]3COc4ccccc4O3)CC2)c1. The van der Waals surface area contributed by atoms with E-state index in [1.807, 2.05) is 41.3 Å². The van der Waals surface area contributed by atoms with Gasteiger partial charge in [0.25, 0.3) is 11.8 Å². The lowest BCUT2D eigenvalue weighted by molar-refractivity contribution is -0.142. The zero-order chi connectivity index (χ0) is 22.8. The smallest absolute Gasteiger partial charge is 0.267 e. The minimum Gasteiger partial charge on any atom is -0.485 e. The number of benzene rings is 2. The van der Waals surface area contributed by atoms with Crippen LogP contribution in [0.25, 0.3) is 0 Å². The summed E-state index contributed by atoms with van der Waals surface area (Å²) in [6.45, 7) is 3.32. The second kappa shape index (κ2) is 9.13. The zero-order valence-electron chi connectivity index (χ0n) is 18.4. The van der Waals surface area contributed by atoms with Crippen LogP contribution in [0.3, 0.4) is 0 Å². The van der Waals surface area contributed by atoms with Gasteiger partial charge in [0, 0.05) is 51.3 Å². The van der Waals surface area contributed by atoms with Gasteiger partial charge in [-0.2, -0.15) is 0 Å². The fraction of sp³-hybridized carbons (Fsp3) is 0.400. The molecule has 2 aromatic rings. The number of fused-ring (bicyclic) bond motifs is 1. The first kappa shape index (κ1) is 21.3. The van der Waals surface area contributed by atoms with Gasteiger partial charge in [0.15, 0.2) is 11.5 Å². The molecule has 8 heteroatoms. The van der Waals surface area contributed by atoms with Crippen LogP contribution in [0.15, 0.2) is 48.5 Å². The highest BCUT2D eigenvalue weighted by Crippen LogP contribution is 2.31. The summed E-state index contributed by atoms with van der Waals surface area (Å²) in [4.78, 5) is 43.3. The van der Waals surface area contributed by atoms with Gasteiger partial charge in [-0.25, -0.2) is 0 Å². The molecule has 0 aliphatic carbocycles. The average molecular weight is 450 g/mol. The van der Waals surface area contributed by atoms with E-state index in [-0.39, 0.29) is 24.3 Å². The predicted octanol–water partition coefficient (Wildman–Crippen LogP) is 1.93. The molecule has 3 aliphatic rings. The van der Waals surface area contributed by atoms with Gasteiger partial charge in [0.05, 0.1) is 0 Å². The van der Waals surface area contributed by atoms with Gasteiger partial charge in [-0.05, 0) is 36.2 Å². The van der Waals surface area contributed by atoms with E-state index in [2.05, 4.69) is 0 Å². The van der Waals surface area contributed by atoms with Crippen molar-refractivity contribution in [1.29, 1.82) is 0 Å². The fourth-order valence-corrected chi connectivity index (χ4v) is 4.55. The minimum absolute atomic E-state index is 0.0529. The van der Waals surface area contributed by atoms with Crippen molar-refractivity contribution in [1.82, 2.24) is 14.7 Å². The molecule has 1 atom stereocenters. The number of rotatable bonds is 4. The van der Waals surface area contributed by atoms with E-state index in [1.54, 1.807) is 21.9 Å². The molecule has 8 nitrogen and oxygen atoms in total. The number of nitrogens with zero attached hydrogens (tertiary/aromatic N) is 3. The van der Waals surface area contributed by atoms with E-state index in [0.717, 1.165) is 18.5 Å². The molecule has 33 heavy (non-hydrogen) atoms. The monoisotopic (exact) mass is 449 g/mol. The van der Waals surface area contributed by atoms with Crippen LogP contribution >= 0.6 is 0 Å². The number of ether oxygens (including phenoxy) is 2. The van der Waals surface area contributed by atoms with Crippen LogP contribution in [0.2, 0.25) is 0 Å². The Morgan fingerprint density at radius 3 is 2.42 bits per heavy atom. The van der Waals surface area contributed by atoms with E-state index < -0.39 is 6.10 Å². The Kier molecular flexibility index (Phi) is 5.90. The maximum absolute atomic E-state index is 13.1. The van der Waals surface area contributed by atoms with E-state index in [0.29, 0.717) is 56.2 Å². The molecule has 0 unspecified atom stereocenters. The van der Waals surface area contributed by atoms with Crippen molar-refractivity contribution in [3.05, 3.63) is 59.7 Å². The standard InChI is InChI=1S/C25H27N3O5/c29-23-9-4-10-28(23)16-18-5-3-6-19(15-18)24(30)26-11-13-27(14-12-26)25(31)22-17-32-20-7-1-2-8-21(20)33-22/h1-3,5-8,15,22H,4,9-14,16-17H2/t22-/m1/s1. The summed E-state index contributed by atoms with van der Waals surface area (Å²) in [5, 5.41) is 0. The van der Waals surface area contributed by atoms with Crippen LogP contribution in [0.1, 0.15) is 28.8 Å². The first-order chi connectivity index (χ1) is 16.1. The third-order valence-electron chi connectivity index (χ3n) is 6.38. The molecule has 0 bridgehead atoms. The first-order valence-corrected chi connectivity index (χ1v) is 11.4. The van der Waals surface area contributed by atoms with Crippen LogP contribution in [0.5, 0.6) is 11.5 Å². The van der Waals surface area contributed by atoms with Crippen molar-refractivity contribution in [2.75, 3.05) is 39.3 Å². The predicted molar refractivity (Wildman–Crippen MR) is 120 cm³/mol. The number of hydrogen-bond acceptors (Lipinski definition) is 5. The Labute approximate surface area is 192 Å². The summed E-state index contributed by atoms with van der Waals surface area (Å²) in [6, 6.07) is 14.8. The summed E-state index contributed by atoms with van der Waals surface area (Å²) >= 11 is 0. The average Bonchev–Trinajstić information content (AvgIpc) is 3.27. The van der Waals surface area contributed by atoms with Gasteiger partial charge in [-0.3, -0.25) is 14.4 Å². The number of amides is 3. The van der Waals surface area contributed by atoms with Gasteiger partial charge in [0.2, 0.25) is 12.0 Å². The number of hydrogen-bond donors (Lipinski definition) is 0. The summed E-state index contributed by atoms with van der Waals surface area (Å²) in [7, 11) is 0. The van der Waals surface area contributed by atoms with Crippen LogP contribution in [0, 0.1) is 0 Å². The quantitative estimate of drug-likeness (QED) is 0.713. The molecule has 0 aromatic heterocycles. The van der Waals surface area contributed by atoms with Crippen molar-refractivity contribution in [2.24, 2.45) is 0 Å². The highest BCUT2D eigenvalue weighted by atomic mass is 16.6. The van der Waals surface area contributed by atoms with Gasteiger partial charge < -0.3 is 24.2 Å². The Morgan fingerprint density at radius 2 is 1.67 bits per heavy atom. The summed E-state index contributed by atoms with van der Waals surface area (Å²) in [6.07, 6.45) is 0.823. The number of piperazine rings is 1. The van der Waals surface area contributed by atoms with Crippen LogP contribution in [-0.4, -0.2) is 77.9 Å². The second-order valence-corrected chi connectivity index (χ2v) is 8.60. The highest BCUT2D eigenvalue weighted by molar-refractivity contribution is 5.94. The third-order valence-corrected chi connectivity index (χ3v) is 6.38. The van der Waals surface area contributed by atoms with Crippen molar-refractivity contribution in [2.45, 2.75) is 25.5 Å². The maximum atomic E-state index is 13.1. The van der Waals surface area contributed by atoms with Crippen molar-refractivity contribution in [3.63, 3.8) is 0 Å². The molecule has 0 saturated carbocycles. The Hall–Kier alpha value is -3.55. The van der Waals surface area contributed by atoms with Crippen LogP contribution < -0.4 is 9.47 Å². The Bertz CT molecular complexity index is 1060. The molecule has 3 amide bonds. The molecular weight excluding hydrogens is 422 g/mol. The van der Waals surface area contributed by atoms with Gasteiger partial charge in [-0.1, -0.05) is 24.3 Å². The number of likely N-dealkylation sites (tertiary alicyclic amines) is 1. The molecule has 2 saturated heterocycles. The second-order valence-electron chi connectivity index (χ2n) is 8.60. The third kappa shape index (κ3) is 4.51. The highest BCUT2D eigenvalue weighted by Gasteiger charge is 2.33. The van der Waals surface area contributed by atoms with E-state index in [9.17, 15) is 14.4 Å². The number of carbonyl (C=O) groups is 3. The fourth-order valence-electron chi connectivity index (χ4n) is 4.55. The molecule has 3 aliphatic heterocycles. The molecular formula is C25H27N3O5. The van der Waals surface area contributed by atoms with E-state index in [1.165, 1.54) is 0 Å². The summed E-state index contributed by atoms with van der Waals surface area (Å²) in [5.41, 5.74) is 1.57. The maximum Gasteiger partial charge on any atom is 0.267 e. The molecule has 0 spiro atoms. The lowest BCUT2D eigenvalue weighted by Crippen LogP contribution is -2.55. The van der Waals surface area contributed by atoms with E-state index in [4.69, 9.17) is 9.47 Å². The van der Waals surface area contributed by atoms with E-state index >= 15 is 0 Å². The Balaban J connectivity index is 1.17. The topological polar surface area (TPSA) is 79.4 Å². The molecule has 0 N–H and O–H groups in total. The normalized spacial score (nSPS) is 20.2. The summed E-state index contributed by atoms with van der Waals surface area (Å²) < 4.78 is 11.5. The lowest BCUT2D eigenvalue weighted by Gasteiger charge is -2.37. The van der Waals surface area contributed by atoms with Gasteiger partial charge in [0.1, 0.15) is 6.61 Å². The van der Waals surface area contributed by atoms with Crippen LogP contribution in [-0.2, 0) is 16.1 Å². The van der Waals surface area contributed by atoms with Crippen molar-refractivity contribution in [3.8, 4) is 11.5 Å². The molecule has 5 rings (SSSR count). The number of carbonyl (C=O) groups excluding carboxylic acids is 3. The largest absolute Gasteiger partial charge is 0.485 e. The zero-order valence-corrected chi connectivity index (χ0v) is 18.4. The number of para-hydroxylation sites is 2. The van der Waals surface area contributed by atoms with Gasteiger partial charge >= 0.3 is 0 Å². The molecule has 2 fully saturated rings. The Morgan fingerprint density at radius 1 is 0.909 bits per heavy atom. The molecule has 2 aromatic carbocycles. The van der Waals surface area contributed by atoms with Crippen LogP contribution in [0.4, 0.5) is 0 Å². The summed E-state index contributed by atoms with van der Waals surface area (Å²) in [5.74, 6) is 1.22. The minimum atomic E-state index is -0.674. The van der Waals surface area contributed by atoms with Crippen molar-refractivity contribution < 1.29 is 23.9 Å². The lowest BCUT2D eigenvalue weighted by atomic mass is 10.1. The molecule has 0 radical (unpaired) electrons. The molecule has 172 valence electrons. The van der Waals surface area contributed by atoms with Gasteiger partial charge in [-0.15, -0.1) is 0 Å². The molecule has 3 heterocycles.